The standard InChI is InChI=1S/C15H18F3NO2/c1-4-11(19-14(20)13(16)9(2)3)10-7-5-6-8-12(10)21-15(17)18/h5-8,11,15H,4H2,1-3H3,(H,19,20)/t11-/m1/s1. The summed E-state index contributed by atoms with van der Waals surface area (Å²) in [6.07, 6.45) is 0.408. The number of halogens is 3. The van der Waals surface area contributed by atoms with Gasteiger partial charge < -0.3 is 10.1 Å². The molecule has 0 saturated carbocycles. The van der Waals surface area contributed by atoms with E-state index in [-0.39, 0.29) is 11.3 Å². The summed E-state index contributed by atoms with van der Waals surface area (Å²) in [6.45, 7) is 1.74. The van der Waals surface area contributed by atoms with Crippen molar-refractivity contribution in [2.45, 2.75) is 39.8 Å². The highest BCUT2D eigenvalue weighted by molar-refractivity contribution is 5.92. The number of allylic oxidation sites excluding steroid dienone is 1. The lowest BCUT2D eigenvalue weighted by Gasteiger charge is -2.20. The second-order valence-electron chi connectivity index (χ2n) is 4.66. The fraction of sp³-hybridized carbons (Fsp3) is 0.400. The van der Waals surface area contributed by atoms with E-state index in [9.17, 15) is 18.0 Å². The minimum Gasteiger partial charge on any atom is -0.434 e. The molecule has 0 spiro atoms. The van der Waals surface area contributed by atoms with E-state index in [0.29, 0.717) is 12.0 Å². The minimum atomic E-state index is -2.96. The number of amides is 1. The van der Waals surface area contributed by atoms with E-state index in [4.69, 9.17) is 0 Å². The number of nitrogens with one attached hydrogen (secondary N) is 1. The number of rotatable bonds is 6. The van der Waals surface area contributed by atoms with Crippen molar-refractivity contribution in [2.24, 2.45) is 0 Å². The molecule has 0 unspecified atom stereocenters. The van der Waals surface area contributed by atoms with Crippen LogP contribution in [0.2, 0.25) is 0 Å². The number of carbonyl (C=O) groups excluding carboxylic acids is 1. The molecule has 0 radical (unpaired) electrons. The second kappa shape index (κ2) is 7.71. The van der Waals surface area contributed by atoms with Crippen LogP contribution >= 0.6 is 0 Å². The van der Waals surface area contributed by atoms with Crippen molar-refractivity contribution in [1.29, 1.82) is 0 Å². The third-order valence-electron chi connectivity index (χ3n) is 2.86. The molecule has 116 valence electrons. The van der Waals surface area contributed by atoms with E-state index in [2.05, 4.69) is 10.1 Å². The average molecular weight is 301 g/mol. The molecule has 0 aliphatic rings. The second-order valence-corrected chi connectivity index (χ2v) is 4.66. The van der Waals surface area contributed by atoms with Crippen LogP contribution in [0.3, 0.4) is 0 Å². The number of hydrogen-bond donors (Lipinski definition) is 1. The van der Waals surface area contributed by atoms with Crippen LogP contribution in [0.4, 0.5) is 13.2 Å². The first-order valence-electron chi connectivity index (χ1n) is 6.54. The molecule has 0 aliphatic carbocycles. The van der Waals surface area contributed by atoms with Gasteiger partial charge in [0.05, 0.1) is 6.04 Å². The van der Waals surface area contributed by atoms with Gasteiger partial charge in [-0.05, 0) is 31.9 Å². The Bertz CT molecular complexity index is 525. The third-order valence-corrected chi connectivity index (χ3v) is 2.86. The number of alkyl halides is 2. The van der Waals surface area contributed by atoms with Gasteiger partial charge >= 0.3 is 6.61 Å². The molecular formula is C15H18F3NO2. The van der Waals surface area contributed by atoms with E-state index < -0.39 is 24.4 Å². The zero-order chi connectivity index (χ0) is 16.0. The Hall–Kier alpha value is -1.98. The average Bonchev–Trinajstić information content (AvgIpc) is 2.43. The van der Waals surface area contributed by atoms with Crippen molar-refractivity contribution in [3.63, 3.8) is 0 Å². The summed E-state index contributed by atoms with van der Waals surface area (Å²) in [5, 5.41) is 2.48. The van der Waals surface area contributed by atoms with Crippen molar-refractivity contribution < 1.29 is 22.7 Å². The van der Waals surface area contributed by atoms with E-state index in [1.807, 2.05) is 0 Å². The van der Waals surface area contributed by atoms with Gasteiger partial charge in [-0.25, -0.2) is 4.39 Å². The lowest BCUT2D eigenvalue weighted by Crippen LogP contribution is -2.29. The Morgan fingerprint density at radius 3 is 2.43 bits per heavy atom. The summed E-state index contributed by atoms with van der Waals surface area (Å²) in [5.41, 5.74) is 0.634. The Labute approximate surface area is 121 Å². The molecule has 0 bridgehead atoms. The highest BCUT2D eigenvalue weighted by atomic mass is 19.3. The Morgan fingerprint density at radius 1 is 1.29 bits per heavy atom. The van der Waals surface area contributed by atoms with Gasteiger partial charge in [0.2, 0.25) is 0 Å². The van der Waals surface area contributed by atoms with Gasteiger partial charge in [0.1, 0.15) is 5.75 Å². The first-order valence-corrected chi connectivity index (χ1v) is 6.54. The summed E-state index contributed by atoms with van der Waals surface area (Å²) in [5.74, 6) is -1.77. The molecule has 1 atom stereocenters. The largest absolute Gasteiger partial charge is 0.434 e. The highest BCUT2D eigenvalue weighted by Crippen LogP contribution is 2.28. The summed E-state index contributed by atoms with van der Waals surface area (Å²) in [6, 6.07) is 5.52. The molecule has 0 heterocycles. The van der Waals surface area contributed by atoms with Gasteiger partial charge in [-0.15, -0.1) is 0 Å². The van der Waals surface area contributed by atoms with Gasteiger partial charge in [-0.1, -0.05) is 25.1 Å². The third kappa shape index (κ3) is 4.81. The summed E-state index contributed by atoms with van der Waals surface area (Å²) >= 11 is 0. The number of benzene rings is 1. The predicted molar refractivity (Wildman–Crippen MR) is 73.7 cm³/mol. The van der Waals surface area contributed by atoms with Gasteiger partial charge in [0.15, 0.2) is 5.83 Å². The first kappa shape index (κ1) is 17.1. The molecule has 1 aromatic carbocycles. The maximum atomic E-state index is 13.6. The lowest BCUT2D eigenvalue weighted by molar-refractivity contribution is -0.119. The Kier molecular flexibility index (Phi) is 6.27. The molecule has 21 heavy (non-hydrogen) atoms. The molecular weight excluding hydrogens is 283 g/mol. The fourth-order valence-electron chi connectivity index (χ4n) is 1.82. The molecule has 3 nitrogen and oxygen atoms in total. The van der Waals surface area contributed by atoms with Crippen LogP contribution in [-0.2, 0) is 4.79 Å². The van der Waals surface area contributed by atoms with E-state index >= 15 is 0 Å². The number of ether oxygens (including phenoxy) is 1. The summed E-state index contributed by atoms with van der Waals surface area (Å²) in [4.78, 5) is 11.7. The zero-order valence-electron chi connectivity index (χ0n) is 12.1. The van der Waals surface area contributed by atoms with Crippen LogP contribution in [-0.4, -0.2) is 12.5 Å². The number of para-hydroxylation sites is 1. The smallest absolute Gasteiger partial charge is 0.387 e. The minimum absolute atomic E-state index is 0.0303. The highest BCUT2D eigenvalue weighted by Gasteiger charge is 2.20. The molecule has 1 amide bonds. The van der Waals surface area contributed by atoms with E-state index in [1.54, 1.807) is 25.1 Å². The van der Waals surface area contributed by atoms with E-state index in [0.717, 1.165) is 0 Å². The molecule has 0 aromatic heterocycles. The van der Waals surface area contributed by atoms with Gasteiger partial charge in [-0.2, -0.15) is 8.78 Å². The molecule has 0 aliphatic heterocycles. The topological polar surface area (TPSA) is 38.3 Å². The monoisotopic (exact) mass is 301 g/mol. The number of carbonyl (C=O) groups is 1. The summed E-state index contributed by atoms with van der Waals surface area (Å²) in [7, 11) is 0. The van der Waals surface area contributed by atoms with Crippen molar-refractivity contribution in [3.8, 4) is 5.75 Å². The van der Waals surface area contributed by atoms with Crippen molar-refractivity contribution in [1.82, 2.24) is 5.32 Å². The Balaban J connectivity index is 3.01. The molecule has 1 aromatic rings. The van der Waals surface area contributed by atoms with Crippen molar-refractivity contribution in [3.05, 3.63) is 41.2 Å². The van der Waals surface area contributed by atoms with Crippen LogP contribution in [0.25, 0.3) is 0 Å². The fourth-order valence-corrected chi connectivity index (χ4v) is 1.82. The maximum Gasteiger partial charge on any atom is 0.387 e. The van der Waals surface area contributed by atoms with E-state index in [1.165, 1.54) is 19.9 Å². The zero-order valence-corrected chi connectivity index (χ0v) is 12.1. The van der Waals surface area contributed by atoms with Gasteiger partial charge in [0, 0.05) is 5.56 Å². The van der Waals surface area contributed by atoms with Gasteiger partial charge in [0.25, 0.3) is 5.91 Å². The van der Waals surface area contributed by atoms with Crippen LogP contribution in [0.1, 0.15) is 38.8 Å². The van der Waals surface area contributed by atoms with Crippen LogP contribution < -0.4 is 10.1 Å². The molecule has 0 saturated heterocycles. The molecule has 1 rings (SSSR count). The lowest BCUT2D eigenvalue weighted by atomic mass is 10.0. The predicted octanol–water partition coefficient (Wildman–Crippen LogP) is 4.12. The van der Waals surface area contributed by atoms with Crippen LogP contribution in [0.15, 0.2) is 35.7 Å². The maximum absolute atomic E-state index is 13.6. The Morgan fingerprint density at radius 2 is 1.90 bits per heavy atom. The van der Waals surface area contributed by atoms with Crippen LogP contribution in [0.5, 0.6) is 5.75 Å². The molecule has 1 N–H and O–H groups in total. The molecule has 6 heteroatoms. The van der Waals surface area contributed by atoms with Crippen molar-refractivity contribution >= 4 is 5.91 Å². The quantitative estimate of drug-likeness (QED) is 0.803. The SMILES string of the molecule is CC[C@@H](NC(=O)C(F)=C(C)C)c1ccccc1OC(F)F. The summed E-state index contributed by atoms with van der Waals surface area (Å²) < 4.78 is 42.8. The normalized spacial score (nSPS) is 12.0. The van der Waals surface area contributed by atoms with Crippen molar-refractivity contribution in [2.75, 3.05) is 0 Å². The molecule has 0 fully saturated rings. The van der Waals surface area contributed by atoms with Crippen LogP contribution in [0, 0.1) is 0 Å². The number of hydrogen-bond acceptors (Lipinski definition) is 2. The van der Waals surface area contributed by atoms with Gasteiger partial charge in [-0.3, -0.25) is 4.79 Å². The first-order chi connectivity index (χ1) is 9.86.